The van der Waals surface area contributed by atoms with Crippen LogP contribution in [0.5, 0.6) is 0 Å². The highest BCUT2D eigenvalue weighted by Gasteiger charge is 2.10. The fraction of sp³-hybridized carbons (Fsp3) is 0.467. The largest absolute Gasteiger partial charge is 0.368 e. The van der Waals surface area contributed by atoms with Crippen molar-refractivity contribution in [3.63, 3.8) is 0 Å². The van der Waals surface area contributed by atoms with E-state index < -0.39 is 0 Å². The number of nitrogen functional groups attached to an aromatic ring is 1. The minimum absolute atomic E-state index is 0.257. The molecule has 0 aromatic carbocycles. The number of anilines is 2. The standard InChI is InChI=1S/C15H22N6/c1-4-11-7-8-12(17-10-11)9-13-18-14(16)20-15(19-13)21(5-2)6-3/h7-8,10H,4-6,9H2,1-3H3,(H2,16,18,19,20). The Kier molecular flexibility index (Phi) is 5.03. The van der Waals surface area contributed by atoms with Crippen LogP contribution in [0.25, 0.3) is 0 Å². The Balaban J connectivity index is 2.22. The zero-order chi connectivity index (χ0) is 15.2. The molecule has 0 aliphatic carbocycles. The number of nitrogens with zero attached hydrogens (tertiary/aromatic N) is 5. The molecule has 0 unspecified atom stereocenters. The Labute approximate surface area is 125 Å². The first-order chi connectivity index (χ1) is 10.2. The highest BCUT2D eigenvalue weighted by atomic mass is 15.3. The smallest absolute Gasteiger partial charge is 0.230 e. The van der Waals surface area contributed by atoms with Crippen LogP contribution in [0.4, 0.5) is 11.9 Å². The monoisotopic (exact) mass is 286 g/mol. The van der Waals surface area contributed by atoms with Crippen LogP contribution in [0.3, 0.4) is 0 Å². The second-order valence-corrected chi connectivity index (χ2v) is 4.77. The Morgan fingerprint density at radius 1 is 1.05 bits per heavy atom. The summed E-state index contributed by atoms with van der Waals surface area (Å²) in [6, 6.07) is 4.09. The van der Waals surface area contributed by atoms with Crippen molar-refractivity contribution in [3.8, 4) is 0 Å². The van der Waals surface area contributed by atoms with Gasteiger partial charge in [-0.15, -0.1) is 0 Å². The van der Waals surface area contributed by atoms with E-state index in [0.717, 1.165) is 25.2 Å². The molecular formula is C15H22N6. The van der Waals surface area contributed by atoms with E-state index >= 15 is 0 Å². The summed E-state index contributed by atoms with van der Waals surface area (Å²) >= 11 is 0. The predicted molar refractivity (Wildman–Crippen MR) is 84.2 cm³/mol. The zero-order valence-electron chi connectivity index (χ0n) is 12.9. The Morgan fingerprint density at radius 2 is 1.81 bits per heavy atom. The predicted octanol–water partition coefficient (Wildman–Crippen LogP) is 1.85. The van der Waals surface area contributed by atoms with Gasteiger partial charge in [-0.2, -0.15) is 15.0 Å². The highest BCUT2D eigenvalue weighted by Crippen LogP contribution is 2.11. The van der Waals surface area contributed by atoms with E-state index in [4.69, 9.17) is 5.73 Å². The second kappa shape index (κ2) is 6.97. The summed E-state index contributed by atoms with van der Waals surface area (Å²) in [5.74, 6) is 1.54. The fourth-order valence-electron chi connectivity index (χ4n) is 2.08. The van der Waals surface area contributed by atoms with Gasteiger partial charge in [-0.25, -0.2) is 0 Å². The van der Waals surface area contributed by atoms with Crippen LogP contribution >= 0.6 is 0 Å². The van der Waals surface area contributed by atoms with E-state index in [2.05, 4.69) is 51.7 Å². The molecular weight excluding hydrogens is 264 g/mol. The minimum atomic E-state index is 0.257. The Hall–Kier alpha value is -2.24. The molecule has 0 aliphatic rings. The Morgan fingerprint density at radius 3 is 2.38 bits per heavy atom. The maximum atomic E-state index is 5.80. The lowest BCUT2D eigenvalue weighted by atomic mass is 10.2. The quantitative estimate of drug-likeness (QED) is 0.872. The van der Waals surface area contributed by atoms with Gasteiger partial charge in [0.05, 0.1) is 6.42 Å². The molecule has 112 valence electrons. The third-order valence-corrected chi connectivity index (χ3v) is 3.37. The summed E-state index contributed by atoms with van der Waals surface area (Å²) in [6.07, 6.45) is 3.44. The molecule has 6 nitrogen and oxygen atoms in total. The van der Waals surface area contributed by atoms with Gasteiger partial charge in [0, 0.05) is 25.0 Å². The fourth-order valence-corrected chi connectivity index (χ4v) is 2.08. The van der Waals surface area contributed by atoms with Crippen molar-refractivity contribution in [2.45, 2.75) is 33.6 Å². The molecule has 6 heteroatoms. The molecule has 0 saturated heterocycles. The van der Waals surface area contributed by atoms with Crippen molar-refractivity contribution in [3.05, 3.63) is 35.4 Å². The zero-order valence-corrected chi connectivity index (χ0v) is 12.9. The minimum Gasteiger partial charge on any atom is -0.368 e. The third kappa shape index (κ3) is 3.87. The average Bonchev–Trinajstić information content (AvgIpc) is 2.49. The van der Waals surface area contributed by atoms with Crippen molar-refractivity contribution in [2.75, 3.05) is 23.7 Å². The van der Waals surface area contributed by atoms with Crippen LogP contribution in [0, 0.1) is 0 Å². The van der Waals surface area contributed by atoms with E-state index in [1.165, 1.54) is 5.56 Å². The first-order valence-electron chi connectivity index (χ1n) is 7.35. The van der Waals surface area contributed by atoms with Gasteiger partial charge in [-0.05, 0) is 31.9 Å². The van der Waals surface area contributed by atoms with E-state index in [1.807, 2.05) is 12.3 Å². The maximum Gasteiger partial charge on any atom is 0.230 e. The van der Waals surface area contributed by atoms with Crippen LogP contribution in [0.1, 0.15) is 37.9 Å². The summed E-state index contributed by atoms with van der Waals surface area (Å²) in [4.78, 5) is 19.4. The van der Waals surface area contributed by atoms with Gasteiger partial charge >= 0.3 is 0 Å². The average molecular weight is 286 g/mol. The highest BCUT2D eigenvalue weighted by molar-refractivity contribution is 5.35. The first kappa shape index (κ1) is 15.2. The molecule has 0 spiro atoms. The summed E-state index contributed by atoms with van der Waals surface area (Å²) in [5, 5.41) is 0. The van der Waals surface area contributed by atoms with Crippen molar-refractivity contribution in [1.29, 1.82) is 0 Å². The van der Waals surface area contributed by atoms with Crippen molar-refractivity contribution >= 4 is 11.9 Å². The van der Waals surface area contributed by atoms with Crippen LogP contribution in [-0.2, 0) is 12.8 Å². The molecule has 0 saturated carbocycles. The maximum absolute atomic E-state index is 5.80. The van der Waals surface area contributed by atoms with Crippen LogP contribution in [0.15, 0.2) is 18.3 Å². The number of hydrogen-bond acceptors (Lipinski definition) is 6. The molecule has 2 aromatic heterocycles. The number of hydrogen-bond donors (Lipinski definition) is 1. The SMILES string of the molecule is CCc1ccc(Cc2nc(N)nc(N(CC)CC)n2)nc1. The van der Waals surface area contributed by atoms with E-state index in [9.17, 15) is 0 Å². The number of pyridine rings is 1. The topological polar surface area (TPSA) is 80.8 Å². The second-order valence-electron chi connectivity index (χ2n) is 4.77. The van der Waals surface area contributed by atoms with Crippen LogP contribution in [-0.4, -0.2) is 33.0 Å². The normalized spacial score (nSPS) is 10.6. The molecule has 2 aromatic rings. The number of aryl methyl sites for hydroxylation is 1. The van der Waals surface area contributed by atoms with Gasteiger partial charge < -0.3 is 10.6 Å². The van der Waals surface area contributed by atoms with Crippen molar-refractivity contribution in [1.82, 2.24) is 19.9 Å². The van der Waals surface area contributed by atoms with E-state index in [1.54, 1.807) is 0 Å². The van der Waals surface area contributed by atoms with E-state index in [0.29, 0.717) is 18.2 Å². The van der Waals surface area contributed by atoms with Gasteiger partial charge in [0.2, 0.25) is 11.9 Å². The van der Waals surface area contributed by atoms with E-state index in [-0.39, 0.29) is 5.95 Å². The number of rotatable bonds is 6. The number of aromatic nitrogens is 4. The van der Waals surface area contributed by atoms with Crippen LogP contribution in [0.2, 0.25) is 0 Å². The Bertz CT molecular complexity index is 577. The molecule has 2 heterocycles. The van der Waals surface area contributed by atoms with Gasteiger partial charge in [-0.1, -0.05) is 13.0 Å². The van der Waals surface area contributed by atoms with Gasteiger partial charge in [0.25, 0.3) is 0 Å². The molecule has 0 amide bonds. The third-order valence-electron chi connectivity index (χ3n) is 3.37. The molecule has 2 N–H and O–H groups in total. The molecule has 0 fully saturated rings. The summed E-state index contributed by atoms with van der Waals surface area (Å²) in [5.41, 5.74) is 7.95. The molecule has 0 bridgehead atoms. The van der Waals surface area contributed by atoms with Gasteiger partial charge in [-0.3, -0.25) is 4.98 Å². The van der Waals surface area contributed by atoms with Crippen molar-refractivity contribution in [2.24, 2.45) is 0 Å². The van der Waals surface area contributed by atoms with Crippen molar-refractivity contribution < 1.29 is 0 Å². The van der Waals surface area contributed by atoms with Gasteiger partial charge in [0.15, 0.2) is 0 Å². The molecule has 0 aliphatic heterocycles. The lowest BCUT2D eigenvalue weighted by molar-refractivity contribution is 0.794. The lowest BCUT2D eigenvalue weighted by Crippen LogP contribution is -2.25. The van der Waals surface area contributed by atoms with Crippen LogP contribution < -0.4 is 10.6 Å². The molecule has 2 rings (SSSR count). The summed E-state index contributed by atoms with van der Waals surface area (Å²) in [6.45, 7) is 7.91. The lowest BCUT2D eigenvalue weighted by Gasteiger charge is -2.18. The summed E-state index contributed by atoms with van der Waals surface area (Å²) < 4.78 is 0. The van der Waals surface area contributed by atoms with Gasteiger partial charge in [0.1, 0.15) is 5.82 Å². The first-order valence-corrected chi connectivity index (χ1v) is 7.35. The molecule has 0 atom stereocenters. The molecule has 21 heavy (non-hydrogen) atoms. The summed E-state index contributed by atoms with van der Waals surface area (Å²) in [7, 11) is 0. The molecule has 0 radical (unpaired) electrons. The number of nitrogens with two attached hydrogens (primary N) is 1.